The summed E-state index contributed by atoms with van der Waals surface area (Å²) in [5, 5.41) is 6.24. The van der Waals surface area contributed by atoms with Crippen LogP contribution in [-0.2, 0) is 11.3 Å². The first-order valence-electron chi connectivity index (χ1n) is 4.70. The van der Waals surface area contributed by atoms with Gasteiger partial charge in [0.2, 0.25) is 0 Å². The maximum absolute atomic E-state index is 4.94. The van der Waals surface area contributed by atoms with Crippen molar-refractivity contribution < 1.29 is 4.74 Å². The average Bonchev–Trinajstić information content (AvgIpc) is 2.19. The second kappa shape index (κ2) is 6.34. The lowest BCUT2D eigenvalue weighted by atomic mass is 10.3. The number of nitrogens with one attached hydrogen (secondary N) is 2. The molecule has 0 saturated heterocycles. The fraction of sp³-hybridized carbons (Fsp3) is 0.500. The zero-order valence-corrected chi connectivity index (χ0v) is 8.71. The minimum atomic E-state index is 0.692. The Morgan fingerprint density at radius 1 is 1.43 bits per heavy atom. The van der Waals surface area contributed by atoms with Gasteiger partial charge in [-0.3, -0.25) is 0 Å². The number of anilines is 1. The molecular formula is C10H17N3O. The number of methoxy groups -OCH3 is 1. The molecule has 0 radical (unpaired) electrons. The molecule has 0 aliphatic rings. The van der Waals surface area contributed by atoms with Crippen molar-refractivity contribution in [1.82, 2.24) is 10.3 Å². The molecule has 4 nitrogen and oxygen atoms in total. The first kappa shape index (κ1) is 10.9. The molecule has 0 unspecified atom stereocenters. The zero-order chi connectivity index (χ0) is 10.2. The highest BCUT2D eigenvalue weighted by Gasteiger charge is 1.95. The van der Waals surface area contributed by atoms with E-state index in [2.05, 4.69) is 15.6 Å². The van der Waals surface area contributed by atoms with Crippen molar-refractivity contribution in [2.24, 2.45) is 0 Å². The summed E-state index contributed by atoms with van der Waals surface area (Å²) in [7, 11) is 3.60. The Labute approximate surface area is 84.7 Å². The van der Waals surface area contributed by atoms with E-state index in [1.54, 1.807) is 7.11 Å². The van der Waals surface area contributed by atoms with E-state index in [-0.39, 0.29) is 0 Å². The average molecular weight is 195 g/mol. The number of rotatable bonds is 6. The minimum absolute atomic E-state index is 0.692. The Balaban J connectivity index is 2.46. The third-order valence-electron chi connectivity index (χ3n) is 1.78. The first-order chi connectivity index (χ1) is 6.86. The summed E-state index contributed by atoms with van der Waals surface area (Å²) in [4.78, 5) is 4.41. The minimum Gasteiger partial charge on any atom is -0.383 e. The van der Waals surface area contributed by atoms with E-state index >= 15 is 0 Å². The fourth-order valence-electron chi connectivity index (χ4n) is 1.14. The standard InChI is InChI=1S/C10H17N3O/c1-11-8-9-4-3-5-10(13-9)12-6-7-14-2/h3-5,11H,6-8H2,1-2H3,(H,12,13). The number of aromatic nitrogens is 1. The van der Waals surface area contributed by atoms with Gasteiger partial charge >= 0.3 is 0 Å². The summed E-state index contributed by atoms with van der Waals surface area (Å²) in [6, 6.07) is 5.95. The molecule has 0 bridgehead atoms. The number of ether oxygens (including phenoxy) is 1. The molecule has 78 valence electrons. The predicted molar refractivity (Wildman–Crippen MR) is 57.4 cm³/mol. The molecule has 4 heteroatoms. The highest BCUT2D eigenvalue weighted by Crippen LogP contribution is 2.03. The van der Waals surface area contributed by atoms with Crippen LogP contribution >= 0.6 is 0 Å². The lowest BCUT2D eigenvalue weighted by molar-refractivity contribution is 0.210. The molecule has 1 aromatic heterocycles. The maximum atomic E-state index is 4.94. The summed E-state index contributed by atoms with van der Waals surface area (Å²) in [6.45, 7) is 2.27. The van der Waals surface area contributed by atoms with Crippen LogP contribution in [0.5, 0.6) is 0 Å². The Hall–Kier alpha value is -1.13. The molecule has 0 fully saturated rings. The van der Waals surface area contributed by atoms with Gasteiger partial charge < -0.3 is 15.4 Å². The Bertz CT molecular complexity index is 265. The van der Waals surface area contributed by atoms with Crippen LogP contribution in [0.15, 0.2) is 18.2 Å². The van der Waals surface area contributed by atoms with Crippen molar-refractivity contribution in [3.05, 3.63) is 23.9 Å². The maximum Gasteiger partial charge on any atom is 0.126 e. The quantitative estimate of drug-likeness (QED) is 0.661. The molecule has 0 spiro atoms. The van der Waals surface area contributed by atoms with Gasteiger partial charge in [0.05, 0.1) is 12.3 Å². The SMILES string of the molecule is CNCc1cccc(NCCOC)n1. The third kappa shape index (κ3) is 3.72. The largest absolute Gasteiger partial charge is 0.383 e. The van der Waals surface area contributed by atoms with Crippen LogP contribution in [0, 0.1) is 0 Å². The molecule has 1 heterocycles. The number of pyridine rings is 1. The summed E-state index contributed by atoms with van der Waals surface area (Å²) in [6.07, 6.45) is 0. The van der Waals surface area contributed by atoms with Gasteiger partial charge in [-0.25, -0.2) is 4.98 Å². The molecule has 0 amide bonds. The van der Waals surface area contributed by atoms with Gasteiger partial charge in [-0.1, -0.05) is 6.07 Å². The molecule has 1 aromatic rings. The summed E-state index contributed by atoms with van der Waals surface area (Å²) in [5.41, 5.74) is 1.04. The summed E-state index contributed by atoms with van der Waals surface area (Å²) in [5.74, 6) is 0.898. The van der Waals surface area contributed by atoms with Gasteiger partial charge in [-0.2, -0.15) is 0 Å². The Kier molecular flexibility index (Phi) is 4.96. The van der Waals surface area contributed by atoms with Gasteiger partial charge in [0.15, 0.2) is 0 Å². The second-order valence-corrected chi connectivity index (χ2v) is 2.96. The normalized spacial score (nSPS) is 10.1. The smallest absolute Gasteiger partial charge is 0.126 e. The van der Waals surface area contributed by atoms with E-state index in [0.29, 0.717) is 6.61 Å². The molecule has 14 heavy (non-hydrogen) atoms. The highest BCUT2D eigenvalue weighted by atomic mass is 16.5. The monoisotopic (exact) mass is 195 g/mol. The van der Waals surface area contributed by atoms with Crippen LogP contribution < -0.4 is 10.6 Å². The number of hydrogen-bond donors (Lipinski definition) is 2. The summed E-state index contributed by atoms with van der Waals surface area (Å²) >= 11 is 0. The van der Waals surface area contributed by atoms with Crippen molar-refractivity contribution in [3.8, 4) is 0 Å². The van der Waals surface area contributed by atoms with Crippen LogP contribution in [0.3, 0.4) is 0 Å². The van der Waals surface area contributed by atoms with Crippen LogP contribution in [-0.4, -0.2) is 32.3 Å². The van der Waals surface area contributed by atoms with Gasteiger partial charge in [-0.05, 0) is 19.2 Å². The molecule has 0 atom stereocenters. The third-order valence-corrected chi connectivity index (χ3v) is 1.78. The molecule has 2 N–H and O–H groups in total. The highest BCUT2D eigenvalue weighted by molar-refractivity contribution is 5.35. The Morgan fingerprint density at radius 2 is 2.29 bits per heavy atom. The van der Waals surface area contributed by atoms with Gasteiger partial charge in [0, 0.05) is 20.2 Å². The number of hydrogen-bond acceptors (Lipinski definition) is 4. The van der Waals surface area contributed by atoms with Gasteiger partial charge in [0.1, 0.15) is 5.82 Å². The van der Waals surface area contributed by atoms with Crippen LogP contribution in [0.1, 0.15) is 5.69 Å². The predicted octanol–water partition coefficient (Wildman–Crippen LogP) is 0.859. The molecule has 0 aliphatic carbocycles. The fourth-order valence-corrected chi connectivity index (χ4v) is 1.14. The van der Waals surface area contributed by atoms with E-state index in [4.69, 9.17) is 4.74 Å². The van der Waals surface area contributed by atoms with E-state index in [1.165, 1.54) is 0 Å². The van der Waals surface area contributed by atoms with E-state index < -0.39 is 0 Å². The van der Waals surface area contributed by atoms with Crippen molar-refractivity contribution in [1.29, 1.82) is 0 Å². The van der Waals surface area contributed by atoms with E-state index in [0.717, 1.165) is 24.6 Å². The van der Waals surface area contributed by atoms with Crippen molar-refractivity contribution in [2.75, 3.05) is 32.6 Å². The topological polar surface area (TPSA) is 46.2 Å². The molecule has 0 aliphatic heterocycles. The van der Waals surface area contributed by atoms with Gasteiger partial charge in [0.25, 0.3) is 0 Å². The van der Waals surface area contributed by atoms with E-state index in [9.17, 15) is 0 Å². The van der Waals surface area contributed by atoms with Gasteiger partial charge in [-0.15, -0.1) is 0 Å². The van der Waals surface area contributed by atoms with E-state index in [1.807, 2.05) is 25.2 Å². The molecule has 0 aromatic carbocycles. The summed E-state index contributed by atoms with van der Waals surface area (Å²) < 4.78 is 4.94. The molecule has 0 saturated carbocycles. The lowest BCUT2D eigenvalue weighted by Gasteiger charge is -2.06. The molecular weight excluding hydrogens is 178 g/mol. The molecule has 1 rings (SSSR count). The zero-order valence-electron chi connectivity index (χ0n) is 8.71. The van der Waals surface area contributed by atoms with Crippen LogP contribution in [0.2, 0.25) is 0 Å². The lowest BCUT2D eigenvalue weighted by Crippen LogP contribution is -2.11. The Morgan fingerprint density at radius 3 is 3.00 bits per heavy atom. The van der Waals surface area contributed by atoms with Crippen LogP contribution in [0.4, 0.5) is 5.82 Å². The van der Waals surface area contributed by atoms with Crippen molar-refractivity contribution in [3.63, 3.8) is 0 Å². The number of nitrogens with zero attached hydrogens (tertiary/aromatic N) is 1. The second-order valence-electron chi connectivity index (χ2n) is 2.96. The van der Waals surface area contributed by atoms with Crippen LogP contribution in [0.25, 0.3) is 0 Å². The van der Waals surface area contributed by atoms with Crippen molar-refractivity contribution >= 4 is 5.82 Å². The first-order valence-corrected chi connectivity index (χ1v) is 4.70. The van der Waals surface area contributed by atoms with Crippen molar-refractivity contribution in [2.45, 2.75) is 6.54 Å².